The average Bonchev–Trinajstić information content (AvgIpc) is 3.00. The van der Waals surface area contributed by atoms with Gasteiger partial charge in [0.25, 0.3) is 5.91 Å². The van der Waals surface area contributed by atoms with Crippen molar-refractivity contribution in [3.8, 4) is 0 Å². The molecule has 25 heavy (non-hydrogen) atoms. The number of amides is 1. The van der Waals surface area contributed by atoms with Crippen LogP contribution in [0.5, 0.6) is 0 Å². The Morgan fingerprint density at radius 1 is 1.16 bits per heavy atom. The lowest BCUT2D eigenvalue weighted by molar-refractivity contribution is 0.0937. The highest BCUT2D eigenvalue weighted by atomic mass is 19.1. The Hall–Kier alpha value is -2.73. The number of nitrogens with zero attached hydrogens (tertiary/aromatic N) is 1. The summed E-state index contributed by atoms with van der Waals surface area (Å²) in [4.78, 5) is 17.2. The minimum Gasteiger partial charge on any atom is -0.350 e. The number of rotatable bonds is 5. The molecule has 0 spiro atoms. The molecule has 0 aliphatic rings. The van der Waals surface area contributed by atoms with Crippen molar-refractivity contribution in [3.63, 3.8) is 0 Å². The third kappa shape index (κ3) is 3.69. The van der Waals surface area contributed by atoms with Crippen LogP contribution in [-0.2, 0) is 0 Å². The molecule has 1 atom stereocenters. The van der Waals surface area contributed by atoms with Gasteiger partial charge in [0.1, 0.15) is 17.3 Å². The smallest absolute Gasteiger partial charge is 0.267 e. The van der Waals surface area contributed by atoms with Crippen molar-refractivity contribution in [2.45, 2.75) is 6.04 Å². The fourth-order valence-corrected chi connectivity index (χ4v) is 2.84. The van der Waals surface area contributed by atoms with Crippen molar-refractivity contribution >= 4 is 16.8 Å². The molecular weight excluding hydrogens is 324 g/mol. The van der Waals surface area contributed by atoms with E-state index in [1.807, 2.05) is 25.1 Å². The van der Waals surface area contributed by atoms with Crippen LogP contribution in [0.15, 0.2) is 48.5 Å². The molecule has 0 aliphatic heterocycles. The summed E-state index contributed by atoms with van der Waals surface area (Å²) in [7, 11) is 3.72. The van der Waals surface area contributed by atoms with E-state index < -0.39 is 0 Å². The number of hydrogen-bond donors (Lipinski definition) is 2. The molecule has 0 fully saturated rings. The zero-order chi connectivity index (χ0) is 18.0. The van der Waals surface area contributed by atoms with Gasteiger partial charge in [0.05, 0.1) is 6.04 Å². The predicted octanol–water partition coefficient (Wildman–Crippen LogP) is 3.48. The second-order valence-electron chi connectivity index (χ2n) is 6.13. The summed E-state index contributed by atoms with van der Waals surface area (Å²) >= 11 is 0. The maximum Gasteiger partial charge on any atom is 0.267 e. The van der Waals surface area contributed by atoms with Crippen LogP contribution in [-0.4, -0.2) is 36.4 Å². The number of likely N-dealkylation sites (N-methyl/N-ethyl adjacent to an activating group) is 1. The highest BCUT2D eigenvalue weighted by Crippen LogP contribution is 2.20. The van der Waals surface area contributed by atoms with Gasteiger partial charge < -0.3 is 15.2 Å². The van der Waals surface area contributed by atoms with Crippen LogP contribution < -0.4 is 5.32 Å². The van der Waals surface area contributed by atoms with Crippen LogP contribution in [0.1, 0.15) is 22.1 Å². The third-order valence-corrected chi connectivity index (χ3v) is 4.17. The Morgan fingerprint density at radius 2 is 1.92 bits per heavy atom. The Bertz CT molecular complexity index is 905. The van der Waals surface area contributed by atoms with Gasteiger partial charge in [0.15, 0.2) is 0 Å². The number of carbonyl (C=O) groups excluding carboxylic acids is 1. The molecule has 0 bridgehead atoms. The fourth-order valence-electron chi connectivity index (χ4n) is 2.84. The lowest BCUT2D eigenvalue weighted by Gasteiger charge is -2.25. The number of halogens is 2. The van der Waals surface area contributed by atoms with E-state index in [-0.39, 0.29) is 29.3 Å². The minimum absolute atomic E-state index is 0.180. The molecule has 3 rings (SSSR count). The Morgan fingerprint density at radius 3 is 2.60 bits per heavy atom. The largest absolute Gasteiger partial charge is 0.350 e. The van der Waals surface area contributed by atoms with Gasteiger partial charge >= 0.3 is 0 Å². The number of aromatic amines is 1. The lowest BCUT2D eigenvalue weighted by Crippen LogP contribution is -2.34. The van der Waals surface area contributed by atoms with Crippen LogP contribution in [0, 0.1) is 11.6 Å². The summed E-state index contributed by atoms with van der Waals surface area (Å²) < 4.78 is 27.2. The molecule has 0 radical (unpaired) electrons. The van der Waals surface area contributed by atoms with Crippen molar-refractivity contribution in [1.82, 2.24) is 15.2 Å². The van der Waals surface area contributed by atoms with Crippen molar-refractivity contribution in [3.05, 3.63) is 71.4 Å². The maximum atomic E-state index is 13.7. The lowest BCUT2D eigenvalue weighted by atomic mass is 10.1. The van der Waals surface area contributed by atoms with Crippen LogP contribution >= 0.6 is 0 Å². The van der Waals surface area contributed by atoms with Crippen LogP contribution in [0.4, 0.5) is 8.78 Å². The number of carbonyl (C=O) groups is 1. The molecule has 0 aliphatic carbocycles. The van der Waals surface area contributed by atoms with Crippen molar-refractivity contribution < 1.29 is 13.6 Å². The second kappa shape index (κ2) is 7.03. The molecule has 0 saturated heterocycles. The van der Waals surface area contributed by atoms with Crippen molar-refractivity contribution in [2.75, 3.05) is 20.6 Å². The van der Waals surface area contributed by atoms with Crippen LogP contribution in [0.3, 0.4) is 0 Å². The van der Waals surface area contributed by atoms with Gasteiger partial charge in [-0.25, -0.2) is 8.78 Å². The van der Waals surface area contributed by atoms with E-state index in [1.54, 1.807) is 18.2 Å². The standard InChI is InChI=1S/C19H19F2N3O/c1-24(2)18(12-5-3-6-13(20)9-12)11-22-19(25)17-10-14-15(21)7-4-8-16(14)23-17/h3-10,18,23H,11H2,1-2H3,(H,22,25). The van der Waals surface area contributed by atoms with E-state index >= 15 is 0 Å². The molecule has 0 saturated carbocycles. The third-order valence-electron chi connectivity index (χ3n) is 4.17. The number of hydrogen-bond acceptors (Lipinski definition) is 2. The van der Waals surface area contributed by atoms with Crippen molar-refractivity contribution in [1.29, 1.82) is 0 Å². The first-order chi connectivity index (χ1) is 12.0. The molecule has 1 heterocycles. The second-order valence-corrected chi connectivity index (χ2v) is 6.13. The van der Waals surface area contributed by atoms with Gasteiger partial charge in [0, 0.05) is 17.4 Å². The molecule has 1 unspecified atom stereocenters. The van der Waals surface area contributed by atoms with Gasteiger partial charge in [-0.15, -0.1) is 0 Å². The van der Waals surface area contributed by atoms with Gasteiger partial charge in [-0.05, 0) is 50.0 Å². The highest BCUT2D eigenvalue weighted by molar-refractivity contribution is 5.98. The first-order valence-corrected chi connectivity index (χ1v) is 7.93. The molecule has 6 heteroatoms. The summed E-state index contributed by atoms with van der Waals surface area (Å²) in [5, 5.41) is 3.20. The number of H-pyrrole nitrogens is 1. The van der Waals surface area contributed by atoms with Gasteiger partial charge in [0.2, 0.25) is 0 Å². The molecule has 3 aromatic rings. The van der Waals surface area contributed by atoms with E-state index in [9.17, 15) is 13.6 Å². The zero-order valence-corrected chi connectivity index (χ0v) is 14.0. The van der Waals surface area contributed by atoms with E-state index in [0.717, 1.165) is 5.56 Å². The zero-order valence-electron chi connectivity index (χ0n) is 14.0. The topological polar surface area (TPSA) is 48.1 Å². The normalized spacial score (nSPS) is 12.5. The monoisotopic (exact) mass is 343 g/mol. The number of aromatic nitrogens is 1. The molecule has 1 amide bonds. The van der Waals surface area contributed by atoms with E-state index in [1.165, 1.54) is 24.3 Å². The van der Waals surface area contributed by atoms with Crippen LogP contribution in [0.25, 0.3) is 10.9 Å². The summed E-state index contributed by atoms with van der Waals surface area (Å²) in [5.74, 6) is -1.03. The summed E-state index contributed by atoms with van der Waals surface area (Å²) in [6.45, 7) is 0.299. The quantitative estimate of drug-likeness (QED) is 0.745. The number of fused-ring (bicyclic) bond motifs is 1. The Kier molecular flexibility index (Phi) is 4.81. The Balaban J connectivity index is 1.76. The van der Waals surface area contributed by atoms with Gasteiger partial charge in [-0.1, -0.05) is 18.2 Å². The van der Waals surface area contributed by atoms with Gasteiger partial charge in [-0.2, -0.15) is 0 Å². The van der Waals surface area contributed by atoms with Crippen LogP contribution in [0.2, 0.25) is 0 Å². The van der Waals surface area contributed by atoms with Crippen molar-refractivity contribution in [2.24, 2.45) is 0 Å². The molecular formula is C19H19F2N3O. The molecule has 4 nitrogen and oxygen atoms in total. The number of nitrogens with one attached hydrogen (secondary N) is 2. The molecule has 2 aromatic carbocycles. The van der Waals surface area contributed by atoms with Gasteiger partial charge in [-0.3, -0.25) is 4.79 Å². The minimum atomic E-state index is -0.376. The predicted molar refractivity (Wildman–Crippen MR) is 93.4 cm³/mol. The average molecular weight is 343 g/mol. The number of benzene rings is 2. The van der Waals surface area contributed by atoms with E-state index in [2.05, 4.69) is 10.3 Å². The fraction of sp³-hybridized carbons (Fsp3) is 0.211. The molecule has 2 N–H and O–H groups in total. The summed E-state index contributed by atoms with van der Waals surface area (Å²) in [5.41, 5.74) is 1.63. The Labute approximate surface area is 144 Å². The van der Waals surface area contributed by atoms with E-state index in [4.69, 9.17) is 0 Å². The summed E-state index contributed by atoms with van der Waals surface area (Å²) in [6, 6.07) is 12.3. The first kappa shape index (κ1) is 17.1. The molecule has 1 aromatic heterocycles. The highest BCUT2D eigenvalue weighted by Gasteiger charge is 2.17. The molecule has 130 valence electrons. The SMILES string of the molecule is CN(C)C(CNC(=O)c1cc2c(F)cccc2[nH]1)c1cccc(F)c1. The maximum absolute atomic E-state index is 13.7. The first-order valence-electron chi connectivity index (χ1n) is 7.93. The van der Waals surface area contributed by atoms with E-state index in [0.29, 0.717) is 17.4 Å². The summed E-state index contributed by atoms with van der Waals surface area (Å²) in [6.07, 6.45) is 0.